The van der Waals surface area contributed by atoms with Gasteiger partial charge in [0.2, 0.25) is 5.91 Å². The molecule has 0 aliphatic carbocycles. The van der Waals surface area contributed by atoms with Gasteiger partial charge in [0.25, 0.3) is 0 Å². The molecule has 2 atom stereocenters. The molecular weight excluding hydrogens is 280 g/mol. The second kappa shape index (κ2) is 6.34. The van der Waals surface area contributed by atoms with Gasteiger partial charge in [0.15, 0.2) is 6.10 Å². The number of hydrogen-bond acceptors (Lipinski definition) is 5. The normalized spacial score (nSPS) is 23.4. The molecule has 1 saturated heterocycles. The van der Waals surface area contributed by atoms with Crippen LogP contribution in [-0.2, 0) is 14.3 Å². The first-order valence-electron chi connectivity index (χ1n) is 6.32. The second-order valence-corrected chi connectivity index (χ2v) is 5.90. The molecule has 0 aromatic carbocycles. The van der Waals surface area contributed by atoms with Crippen molar-refractivity contribution in [2.45, 2.75) is 12.1 Å². The van der Waals surface area contributed by atoms with E-state index in [2.05, 4.69) is 0 Å². The van der Waals surface area contributed by atoms with Crippen LogP contribution >= 0.6 is 11.3 Å². The van der Waals surface area contributed by atoms with Gasteiger partial charge in [-0.05, 0) is 25.5 Å². The minimum Gasteiger partial charge on any atom is -0.479 e. The highest BCUT2D eigenvalue weighted by molar-refractivity contribution is 7.10. The molecule has 2 heterocycles. The van der Waals surface area contributed by atoms with Crippen LogP contribution in [0.15, 0.2) is 17.5 Å². The summed E-state index contributed by atoms with van der Waals surface area (Å²) in [5, 5.41) is 11.2. The minimum atomic E-state index is -1.04. The summed E-state index contributed by atoms with van der Waals surface area (Å²) in [6.07, 6.45) is -1.01. The Bertz CT molecular complexity index is 475. The summed E-state index contributed by atoms with van der Waals surface area (Å²) < 4.78 is 5.23. The van der Waals surface area contributed by atoms with E-state index in [-0.39, 0.29) is 12.5 Å². The van der Waals surface area contributed by atoms with Crippen LogP contribution in [0, 0.1) is 0 Å². The SMILES string of the molecule is CN(C)CCN1C(=O)COC(C(=O)O)C1c1cccs1. The highest BCUT2D eigenvalue weighted by atomic mass is 32.1. The lowest BCUT2D eigenvalue weighted by Gasteiger charge is -2.39. The molecule has 20 heavy (non-hydrogen) atoms. The average molecular weight is 298 g/mol. The summed E-state index contributed by atoms with van der Waals surface area (Å²) in [5.41, 5.74) is 0. The van der Waals surface area contributed by atoms with Gasteiger partial charge in [-0.2, -0.15) is 0 Å². The van der Waals surface area contributed by atoms with Gasteiger partial charge in [-0.15, -0.1) is 11.3 Å². The molecule has 0 radical (unpaired) electrons. The molecule has 1 N–H and O–H groups in total. The molecule has 2 rings (SSSR count). The maximum absolute atomic E-state index is 12.1. The molecular formula is C13H18N2O4S. The first kappa shape index (κ1) is 15.0. The van der Waals surface area contributed by atoms with Crippen LogP contribution < -0.4 is 0 Å². The summed E-state index contributed by atoms with van der Waals surface area (Å²) in [6, 6.07) is 3.14. The number of rotatable bonds is 5. The van der Waals surface area contributed by atoms with E-state index in [1.54, 1.807) is 4.90 Å². The number of aliphatic carboxylic acids is 1. The summed E-state index contributed by atoms with van der Waals surface area (Å²) in [4.78, 5) is 27.9. The van der Waals surface area contributed by atoms with E-state index in [0.29, 0.717) is 13.1 Å². The number of morpholine rings is 1. The zero-order valence-corrected chi connectivity index (χ0v) is 12.3. The Hall–Kier alpha value is -1.44. The minimum absolute atomic E-state index is 0.164. The monoisotopic (exact) mass is 298 g/mol. The number of nitrogens with zero attached hydrogens (tertiary/aromatic N) is 2. The summed E-state index contributed by atoms with van der Waals surface area (Å²) in [7, 11) is 3.83. The van der Waals surface area contributed by atoms with Gasteiger partial charge in [0.1, 0.15) is 12.6 Å². The standard InChI is InChI=1S/C13H18N2O4S/c1-14(2)5-6-15-10(16)8-19-12(13(17)18)11(15)9-4-3-7-20-9/h3-4,7,11-12H,5-6,8H2,1-2H3,(H,17,18). The lowest BCUT2D eigenvalue weighted by atomic mass is 10.0. The van der Waals surface area contributed by atoms with E-state index in [4.69, 9.17) is 4.74 Å². The largest absolute Gasteiger partial charge is 0.479 e. The van der Waals surface area contributed by atoms with Crippen molar-refractivity contribution in [1.82, 2.24) is 9.80 Å². The van der Waals surface area contributed by atoms with Crippen LogP contribution in [0.25, 0.3) is 0 Å². The second-order valence-electron chi connectivity index (χ2n) is 4.92. The Morgan fingerprint density at radius 2 is 2.35 bits per heavy atom. The number of carboxylic acids is 1. The molecule has 1 aliphatic rings. The fourth-order valence-electron chi connectivity index (χ4n) is 2.19. The number of hydrogen-bond donors (Lipinski definition) is 1. The van der Waals surface area contributed by atoms with E-state index in [9.17, 15) is 14.7 Å². The Morgan fingerprint density at radius 3 is 2.90 bits per heavy atom. The molecule has 1 aliphatic heterocycles. The van der Waals surface area contributed by atoms with Gasteiger partial charge in [-0.3, -0.25) is 4.79 Å². The average Bonchev–Trinajstić information content (AvgIpc) is 2.89. The van der Waals surface area contributed by atoms with Crippen LogP contribution in [0.1, 0.15) is 10.9 Å². The van der Waals surface area contributed by atoms with Gasteiger partial charge in [0, 0.05) is 18.0 Å². The number of thiophene rings is 1. The lowest BCUT2D eigenvalue weighted by Crippen LogP contribution is -2.53. The number of carbonyl (C=O) groups excluding carboxylic acids is 1. The molecule has 6 nitrogen and oxygen atoms in total. The third kappa shape index (κ3) is 3.17. The zero-order chi connectivity index (χ0) is 14.7. The quantitative estimate of drug-likeness (QED) is 0.865. The van der Waals surface area contributed by atoms with Crippen molar-refractivity contribution in [3.05, 3.63) is 22.4 Å². The van der Waals surface area contributed by atoms with Gasteiger partial charge >= 0.3 is 5.97 Å². The summed E-state index contributed by atoms with van der Waals surface area (Å²) in [5.74, 6) is -1.20. The number of carboxylic acid groups (broad SMARTS) is 1. The van der Waals surface area contributed by atoms with Gasteiger partial charge < -0.3 is 19.6 Å². The topological polar surface area (TPSA) is 70.1 Å². The van der Waals surface area contributed by atoms with Crippen LogP contribution in [0.4, 0.5) is 0 Å². The predicted octanol–water partition coefficient (Wildman–Crippen LogP) is 0.663. The Kier molecular flexibility index (Phi) is 4.74. The van der Waals surface area contributed by atoms with E-state index >= 15 is 0 Å². The van der Waals surface area contributed by atoms with Gasteiger partial charge in [0.05, 0.1) is 0 Å². The molecule has 7 heteroatoms. The Balaban J connectivity index is 2.27. The van der Waals surface area contributed by atoms with Crippen LogP contribution in [0.2, 0.25) is 0 Å². The molecule has 2 unspecified atom stereocenters. The van der Waals surface area contributed by atoms with E-state index in [1.165, 1.54) is 11.3 Å². The number of ether oxygens (including phenoxy) is 1. The molecule has 1 aromatic rings. The predicted molar refractivity (Wildman–Crippen MR) is 74.7 cm³/mol. The molecule has 1 fully saturated rings. The van der Waals surface area contributed by atoms with Crippen molar-refractivity contribution in [2.24, 2.45) is 0 Å². The Labute approximate surface area is 121 Å². The third-order valence-electron chi connectivity index (χ3n) is 3.20. The fraction of sp³-hybridized carbons (Fsp3) is 0.538. The summed E-state index contributed by atoms with van der Waals surface area (Å²) in [6.45, 7) is 0.994. The number of carbonyl (C=O) groups is 2. The van der Waals surface area contributed by atoms with Crippen molar-refractivity contribution in [1.29, 1.82) is 0 Å². The van der Waals surface area contributed by atoms with E-state index in [1.807, 2.05) is 36.5 Å². The molecule has 0 saturated carbocycles. The third-order valence-corrected chi connectivity index (χ3v) is 4.14. The first-order chi connectivity index (χ1) is 9.50. The first-order valence-corrected chi connectivity index (χ1v) is 7.20. The maximum Gasteiger partial charge on any atom is 0.335 e. The maximum atomic E-state index is 12.1. The van der Waals surface area contributed by atoms with Gasteiger partial charge in [-0.25, -0.2) is 4.79 Å². The molecule has 0 spiro atoms. The Morgan fingerprint density at radius 1 is 1.60 bits per heavy atom. The smallest absolute Gasteiger partial charge is 0.335 e. The van der Waals surface area contributed by atoms with Crippen LogP contribution in [0.3, 0.4) is 0 Å². The van der Waals surface area contributed by atoms with Crippen LogP contribution in [-0.4, -0.2) is 66.7 Å². The molecule has 1 amide bonds. The van der Waals surface area contributed by atoms with Crippen molar-refractivity contribution in [3.63, 3.8) is 0 Å². The fourth-order valence-corrected chi connectivity index (χ4v) is 3.06. The van der Waals surface area contributed by atoms with E-state index in [0.717, 1.165) is 4.88 Å². The molecule has 110 valence electrons. The number of amides is 1. The lowest BCUT2D eigenvalue weighted by molar-refractivity contribution is -0.173. The summed E-state index contributed by atoms with van der Waals surface area (Å²) >= 11 is 1.44. The van der Waals surface area contributed by atoms with Crippen molar-refractivity contribution < 1.29 is 19.4 Å². The zero-order valence-electron chi connectivity index (χ0n) is 11.5. The highest BCUT2D eigenvalue weighted by Gasteiger charge is 2.42. The van der Waals surface area contributed by atoms with Crippen LogP contribution in [0.5, 0.6) is 0 Å². The van der Waals surface area contributed by atoms with E-state index < -0.39 is 18.1 Å². The molecule has 1 aromatic heterocycles. The number of likely N-dealkylation sites (N-methyl/N-ethyl adjacent to an activating group) is 1. The van der Waals surface area contributed by atoms with Crippen molar-refractivity contribution in [2.75, 3.05) is 33.8 Å². The highest BCUT2D eigenvalue weighted by Crippen LogP contribution is 2.33. The van der Waals surface area contributed by atoms with Gasteiger partial charge in [-0.1, -0.05) is 6.07 Å². The van der Waals surface area contributed by atoms with Crippen molar-refractivity contribution >= 4 is 23.2 Å². The molecule has 0 bridgehead atoms. The van der Waals surface area contributed by atoms with Crippen molar-refractivity contribution in [3.8, 4) is 0 Å².